The molecule has 0 spiro atoms. The van der Waals surface area contributed by atoms with Crippen LogP contribution >= 0.6 is 0 Å². The Balaban J connectivity index is 1.68. The van der Waals surface area contributed by atoms with Crippen molar-refractivity contribution in [1.29, 1.82) is 0 Å². The van der Waals surface area contributed by atoms with Crippen molar-refractivity contribution >= 4 is 17.6 Å². The molecule has 1 aromatic rings. The van der Waals surface area contributed by atoms with E-state index >= 15 is 0 Å². The van der Waals surface area contributed by atoms with Crippen LogP contribution in [0.1, 0.15) is 38.7 Å². The molecule has 1 aromatic carbocycles. The van der Waals surface area contributed by atoms with Crippen LogP contribution in [0.25, 0.3) is 0 Å². The maximum absolute atomic E-state index is 12.1. The molecule has 1 fully saturated rings. The Bertz CT molecular complexity index is 585. The summed E-state index contributed by atoms with van der Waals surface area (Å²) in [6.07, 6.45) is 4.51. The molecule has 0 saturated heterocycles. The van der Waals surface area contributed by atoms with E-state index in [1.54, 1.807) is 0 Å². The smallest absolute Gasteiger partial charge is 0.246 e. The van der Waals surface area contributed by atoms with Gasteiger partial charge in [-0.2, -0.15) is 0 Å². The summed E-state index contributed by atoms with van der Waals surface area (Å²) in [6, 6.07) is 7.89. The monoisotopic (exact) mass is 360 g/mol. The minimum atomic E-state index is -0.122. The van der Waals surface area contributed by atoms with Crippen LogP contribution in [-0.2, 0) is 16.0 Å². The quantitative estimate of drug-likeness (QED) is 0.322. The molecule has 0 heterocycles. The summed E-state index contributed by atoms with van der Waals surface area (Å²) in [5, 5.41) is 9.29. The highest BCUT2D eigenvalue weighted by Gasteiger charge is 2.20. The first-order valence-corrected chi connectivity index (χ1v) is 9.70. The van der Waals surface area contributed by atoms with Crippen molar-refractivity contribution in [2.45, 2.75) is 39.5 Å². The van der Waals surface area contributed by atoms with Crippen LogP contribution in [0, 0.1) is 5.92 Å². The van der Waals surface area contributed by atoms with Crippen LogP contribution in [0.3, 0.4) is 0 Å². The van der Waals surface area contributed by atoms with Crippen LogP contribution in [0.4, 0.5) is 5.69 Å². The number of carbonyl (C=O) groups excluding carboxylic acids is 1. The molecular formula is C20H32N4O2. The fourth-order valence-electron chi connectivity index (χ4n) is 2.48. The maximum atomic E-state index is 12.1. The molecule has 0 atom stereocenters. The van der Waals surface area contributed by atoms with Crippen LogP contribution < -0.4 is 16.0 Å². The van der Waals surface area contributed by atoms with Gasteiger partial charge in [0.15, 0.2) is 5.96 Å². The van der Waals surface area contributed by atoms with E-state index in [1.165, 1.54) is 18.4 Å². The number of guanidine groups is 1. The van der Waals surface area contributed by atoms with Gasteiger partial charge in [0.05, 0.1) is 0 Å². The number of rotatable bonds is 11. The van der Waals surface area contributed by atoms with Gasteiger partial charge in [0, 0.05) is 32.0 Å². The van der Waals surface area contributed by atoms with Crippen molar-refractivity contribution in [2.75, 3.05) is 38.2 Å². The maximum Gasteiger partial charge on any atom is 0.246 e. The van der Waals surface area contributed by atoms with Gasteiger partial charge in [0.2, 0.25) is 5.91 Å². The van der Waals surface area contributed by atoms with E-state index in [2.05, 4.69) is 33.9 Å². The summed E-state index contributed by atoms with van der Waals surface area (Å²) in [4.78, 5) is 16.5. The Morgan fingerprint density at radius 2 is 2.12 bits per heavy atom. The molecule has 1 saturated carbocycles. The molecule has 6 heteroatoms. The number of hydrogen-bond acceptors (Lipinski definition) is 3. The summed E-state index contributed by atoms with van der Waals surface area (Å²) >= 11 is 0. The highest BCUT2D eigenvalue weighted by atomic mass is 16.5. The molecule has 144 valence electrons. The topological polar surface area (TPSA) is 74.8 Å². The van der Waals surface area contributed by atoms with E-state index < -0.39 is 0 Å². The lowest BCUT2D eigenvalue weighted by atomic mass is 10.1. The molecular weight excluding hydrogens is 328 g/mol. The molecule has 1 aliphatic rings. The van der Waals surface area contributed by atoms with E-state index in [0.717, 1.165) is 50.8 Å². The average Bonchev–Trinajstić information content (AvgIpc) is 3.47. The van der Waals surface area contributed by atoms with E-state index in [0.29, 0.717) is 5.96 Å². The Kier molecular flexibility index (Phi) is 8.96. The van der Waals surface area contributed by atoms with E-state index in [1.807, 2.05) is 25.1 Å². The van der Waals surface area contributed by atoms with E-state index in [-0.39, 0.29) is 12.5 Å². The largest absolute Gasteiger partial charge is 0.381 e. The zero-order chi connectivity index (χ0) is 18.6. The second-order valence-corrected chi connectivity index (χ2v) is 6.60. The van der Waals surface area contributed by atoms with Crippen LogP contribution in [0.15, 0.2) is 29.3 Å². The van der Waals surface area contributed by atoms with Gasteiger partial charge in [-0.05, 0) is 56.2 Å². The first-order valence-electron chi connectivity index (χ1n) is 9.70. The Morgan fingerprint density at radius 3 is 2.85 bits per heavy atom. The molecule has 6 nitrogen and oxygen atoms in total. The number of hydrogen-bond donors (Lipinski definition) is 3. The lowest BCUT2D eigenvalue weighted by molar-refractivity contribution is -0.114. The van der Waals surface area contributed by atoms with Gasteiger partial charge in [-0.15, -0.1) is 0 Å². The molecule has 0 radical (unpaired) electrons. The Hall–Kier alpha value is -2.08. The van der Waals surface area contributed by atoms with Crippen molar-refractivity contribution < 1.29 is 9.53 Å². The number of carbonyl (C=O) groups is 1. The third-order valence-electron chi connectivity index (χ3n) is 4.15. The van der Waals surface area contributed by atoms with Crippen molar-refractivity contribution in [3.63, 3.8) is 0 Å². The normalized spacial score (nSPS) is 14.2. The summed E-state index contributed by atoms with van der Waals surface area (Å²) in [5.41, 5.74) is 2.01. The first-order chi connectivity index (χ1) is 12.7. The van der Waals surface area contributed by atoms with E-state index in [4.69, 9.17) is 4.74 Å². The van der Waals surface area contributed by atoms with Crippen molar-refractivity contribution in [2.24, 2.45) is 10.9 Å². The molecule has 3 N–H and O–H groups in total. The van der Waals surface area contributed by atoms with Crippen molar-refractivity contribution in [3.8, 4) is 0 Å². The SMILES string of the molecule is CCNC(=NCC(=O)Nc1cccc(CC)c1)NCCCOCC1CC1. The molecule has 0 aliphatic heterocycles. The molecule has 26 heavy (non-hydrogen) atoms. The van der Waals surface area contributed by atoms with Crippen LogP contribution in [-0.4, -0.2) is 44.7 Å². The summed E-state index contributed by atoms with van der Waals surface area (Å²) in [6.45, 7) is 7.37. The molecule has 0 bridgehead atoms. The van der Waals surface area contributed by atoms with Crippen molar-refractivity contribution in [3.05, 3.63) is 29.8 Å². The van der Waals surface area contributed by atoms with Gasteiger partial charge in [-0.3, -0.25) is 4.79 Å². The number of aryl methyl sites for hydroxylation is 1. The molecule has 0 unspecified atom stereocenters. The zero-order valence-corrected chi connectivity index (χ0v) is 16.0. The number of aliphatic imine (C=N–C) groups is 1. The summed E-state index contributed by atoms with van der Waals surface area (Å²) in [5.74, 6) is 1.34. The average molecular weight is 361 g/mol. The predicted molar refractivity (Wildman–Crippen MR) is 107 cm³/mol. The van der Waals surface area contributed by atoms with Gasteiger partial charge in [0.1, 0.15) is 6.54 Å². The number of benzene rings is 1. The lowest BCUT2D eigenvalue weighted by Crippen LogP contribution is -2.38. The van der Waals surface area contributed by atoms with Gasteiger partial charge >= 0.3 is 0 Å². The minimum Gasteiger partial charge on any atom is -0.381 e. The van der Waals surface area contributed by atoms with Crippen LogP contribution in [0.2, 0.25) is 0 Å². The number of nitrogens with one attached hydrogen (secondary N) is 3. The first kappa shape index (κ1) is 20.2. The van der Waals surface area contributed by atoms with Gasteiger partial charge in [0.25, 0.3) is 0 Å². The third-order valence-corrected chi connectivity index (χ3v) is 4.15. The zero-order valence-electron chi connectivity index (χ0n) is 16.0. The number of anilines is 1. The van der Waals surface area contributed by atoms with Gasteiger partial charge < -0.3 is 20.7 Å². The Morgan fingerprint density at radius 1 is 1.27 bits per heavy atom. The summed E-state index contributed by atoms with van der Waals surface area (Å²) < 4.78 is 5.62. The fourth-order valence-corrected chi connectivity index (χ4v) is 2.48. The van der Waals surface area contributed by atoms with Crippen molar-refractivity contribution in [1.82, 2.24) is 10.6 Å². The fraction of sp³-hybridized carbons (Fsp3) is 0.600. The molecule has 1 amide bonds. The third kappa shape index (κ3) is 8.34. The number of amides is 1. The summed E-state index contributed by atoms with van der Waals surface area (Å²) in [7, 11) is 0. The second-order valence-electron chi connectivity index (χ2n) is 6.60. The van der Waals surface area contributed by atoms with Gasteiger partial charge in [-0.25, -0.2) is 4.99 Å². The van der Waals surface area contributed by atoms with Crippen LogP contribution in [0.5, 0.6) is 0 Å². The molecule has 1 aliphatic carbocycles. The Labute approximate surface area is 156 Å². The minimum absolute atomic E-state index is 0.0872. The second kappa shape index (κ2) is 11.5. The van der Waals surface area contributed by atoms with E-state index in [9.17, 15) is 4.79 Å². The predicted octanol–water partition coefficient (Wildman–Crippen LogP) is 2.56. The standard InChI is InChI=1S/C20H32N4O2/c1-3-16-7-5-8-18(13-16)24-19(25)14-23-20(21-4-2)22-11-6-12-26-15-17-9-10-17/h5,7-8,13,17H,3-4,6,9-12,14-15H2,1-2H3,(H,24,25)(H2,21,22,23). The molecule has 0 aromatic heterocycles. The lowest BCUT2D eigenvalue weighted by Gasteiger charge is -2.11. The highest BCUT2D eigenvalue weighted by molar-refractivity contribution is 5.94. The molecule has 2 rings (SSSR count). The van der Waals surface area contributed by atoms with Gasteiger partial charge in [-0.1, -0.05) is 19.1 Å². The number of ether oxygens (including phenoxy) is 1. The number of nitrogens with zero attached hydrogens (tertiary/aromatic N) is 1. The highest BCUT2D eigenvalue weighted by Crippen LogP contribution is 2.28.